The van der Waals surface area contributed by atoms with Gasteiger partial charge in [0, 0.05) is 22.9 Å². The van der Waals surface area contributed by atoms with Gasteiger partial charge >= 0.3 is 12.2 Å². The topological polar surface area (TPSA) is 322 Å². The van der Waals surface area contributed by atoms with Gasteiger partial charge in [-0.2, -0.15) is 49.0 Å². The van der Waals surface area contributed by atoms with Crippen molar-refractivity contribution in [2.75, 3.05) is 19.5 Å². The van der Waals surface area contributed by atoms with Crippen molar-refractivity contribution in [3.63, 3.8) is 0 Å². The molecule has 1 aromatic heterocycles. The van der Waals surface area contributed by atoms with Gasteiger partial charge in [0.15, 0.2) is 17.2 Å². The minimum atomic E-state index is -5.42. The minimum absolute atomic E-state index is 0.00915. The number of fused-ring (bicyclic) bond motifs is 1. The summed E-state index contributed by atoms with van der Waals surface area (Å²) < 4.78 is 140. The second kappa shape index (κ2) is 14.2. The molecule has 6 N–H and O–H groups in total. The van der Waals surface area contributed by atoms with Gasteiger partial charge in [0.05, 0.1) is 24.8 Å². The number of aromatic nitrogens is 3. The fourth-order valence-electron chi connectivity index (χ4n) is 4.54. The van der Waals surface area contributed by atoms with Gasteiger partial charge in [-0.3, -0.25) is 13.7 Å². The molecule has 0 atom stereocenters. The van der Waals surface area contributed by atoms with Gasteiger partial charge in [0.2, 0.25) is 5.95 Å². The van der Waals surface area contributed by atoms with Crippen LogP contribution in [-0.4, -0.2) is 78.3 Å². The molecule has 4 aromatic carbocycles. The highest BCUT2D eigenvalue weighted by Gasteiger charge is 2.28. The molecule has 0 bridgehead atoms. The lowest BCUT2D eigenvalue weighted by atomic mass is 10.1. The number of ether oxygens (including phenoxy) is 2. The molecule has 0 spiro atoms. The number of benzene rings is 4. The number of phenolic OH excluding ortho intramolecular Hbond substituents is 2. The van der Waals surface area contributed by atoms with Crippen LogP contribution in [0.4, 0.5) is 43.2 Å². The van der Waals surface area contributed by atoms with Crippen LogP contribution >= 0.6 is 0 Å². The van der Waals surface area contributed by atoms with E-state index < -0.39 is 102 Å². The van der Waals surface area contributed by atoms with Crippen LogP contribution in [0.15, 0.2) is 83.7 Å². The van der Waals surface area contributed by atoms with E-state index in [1.54, 1.807) is 0 Å². The minimum Gasteiger partial charge on any atom is -0.506 e. The maximum atomic E-state index is 13.6. The van der Waals surface area contributed by atoms with Crippen molar-refractivity contribution in [3.05, 3.63) is 60.7 Å². The fourth-order valence-corrected chi connectivity index (χ4v) is 6.53. The third-order valence-electron chi connectivity index (χ3n) is 6.80. The van der Waals surface area contributed by atoms with Gasteiger partial charge in [-0.05, 0) is 36.4 Å². The second-order valence-corrected chi connectivity index (χ2v) is 14.3. The number of aromatic hydroxyl groups is 2. The number of phenols is 2. The van der Waals surface area contributed by atoms with Crippen LogP contribution in [0.2, 0.25) is 0 Å². The van der Waals surface area contributed by atoms with Gasteiger partial charge in [0.1, 0.15) is 38.3 Å². The van der Waals surface area contributed by atoms with Crippen LogP contribution in [0.25, 0.3) is 10.8 Å². The van der Waals surface area contributed by atoms with E-state index in [2.05, 4.69) is 40.7 Å². The number of halogens is 2. The van der Waals surface area contributed by atoms with Crippen LogP contribution in [-0.2, 0) is 30.4 Å². The van der Waals surface area contributed by atoms with Crippen molar-refractivity contribution in [2.45, 2.75) is 14.7 Å². The van der Waals surface area contributed by atoms with Gasteiger partial charge in [0.25, 0.3) is 30.4 Å². The van der Waals surface area contributed by atoms with Gasteiger partial charge in [-0.25, -0.2) is 0 Å². The molecular weight excluding hydrogens is 779 g/mol. The van der Waals surface area contributed by atoms with Crippen molar-refractivity contribution in [1.29, 1.82) is 0 Å². The van der Waals surface area contributed by atoms with Crippen LogP contribution in [0.5, 0.6) is 23.0 Å². The van der Waals surface area contributed by atoms with Crippen LogP contribution < -0.4 is 14.8 Å². The number of nitrogens with one attached hydrogen (secondary N) is 1. The highest BCUT2D eigenvalue weighted by Crippen LogP contribution is 2.47. The van der Waals surface area contributed by atoms with Gasteiger partial charge in [-0.1, -0.05) is 0 Å². The molecular formula is C27H20F2N8O13S3. The summed E-state index contributed by atoms with van der Waals surface area (Å²) in [6.45, 7) is 0. The molecule has 0 radical (unpaired) electrons. The Bertz CT molecular complexity index is 2700. The molecule has 0 fully saturated rings. The Morgan fingerprint density at radius 2 is 1.23 bits per heavy atom. The zero-order valence-corrected chi connectivity index (χ0v) is 28.7. The number of azo groups is 2. The standard InChI is InChI=1S/C27H20F2N8O13S3/c1-49-19-9-15(34-36-17-7-11(51(40,41)42)3-6-18(17)38)16(10-20(19)50-2)35-37-22-21(52(43,44)45)8-13-12(23(22)39)4-5-14(24(13)53(46,47)48)30-27-32-25(28)31-26(29)33-27/h3-10,38-39H,1-2H3,(H,40,41,42)(H,43,44,45)(H,46,47,48)(H,30,31,32,33). The monoisotopic (exact) mass is 798 g/mol. The SMILES string of the molecule is COc1cc(N=Nc2cc(S(=O)(=O)O)ccc2O)c(N=Nc2c(S(=O)(=O)O)cc3c(S(=O)(=O)O)c(Nc4nc(F)nc(F)n4)ccc3c2O)cc1OC. The summed E-state index contributed by atoms with van der Waals surface area (Å²) in [5, 5.41) is 37.5. The van der Waals surface area contributed by atoms with E-state index in [0.29, 0.717) is 6.07 Å². The second-order valence-electron chi connectivity index (χ2n) is 10.1. The van der Waals surface area contributed by atoms with E-state index >= 15 is 0 Å². The first-order valence-electron chi connectivity index (χ1n) is 13.7. The molecule has 0 saturated heterocycles. The highest BCUT2D eigenvalue weighted by molar-refractivity contribution is 7.86. The Morgan fingerprint density at radius 1 is 0.660 bits per heavy atom. The largest absolute Gasteiger partial charge is 0.506 e. The summed E-state index contributed by atoms with van der Waals surface area (Å²) in [6, 6.07) is 7.20. The molecule has 278 valence electrons. The summed E-state index contributed by atoms with van der Waals surface area (Å²) in [5.74, 6) is -2.56. The van der Waals surface area contributed by atoms with E-state index in [9.17, 15) is 57.9 Å². The molecule has 5 aromatic rings. The third-order valence-corrected chi connectivity index (χ3v) is 9.47. The van der Waals surface area contributed by atoms with Crippen molar-refractivity contribution in [2.24, 2.45) is 20.5 Å². The first-order valence-corrected chi connectivity index (χ1v) is 18.0. The van der Waals surface area contributed by atoms with Crippen molar-refractivity contribution >= 4 is 75.5 Å². The summed E-state index contributed by atoms with van der Waals surface area (Å²) in [5.41, 5.74) is -2.71. The average molecular weight is 799 g/mol. The predicted octanol–water partition coefficient (Wildman–Crippen LogP) is 5.05. The Balaban J connectivity index is 1.71. The number of methoxy groups -OCH3 is 2. The van der Waals surface area contributed by atoms with Crippen LogP contribution in [0.3, 0.4) is 0 Å². The van der Waals surface area contributed by atoms with Crippen molar-refractivity contribution in [3.8, 4) is 23.0 Å². The predicted molar refractivity (Wildman–Crippen MR) is 174 cm³/mol. The Hall–Kier alpha value is -6.06. The quantitative estimate of drug-likeness (QED) is 0.0752. The molecule has 0 saturated carbocycles. The average Bonchev–Trinajstić information content (AvgIpc) is 3.05. The zero-order valence-electron chi connectivity index (χ0n) is 26.2. The summed E-state index contributed by atoms with van der Waals surface area (Å²) in [6.07, 6.45) is -3.22. The van der Waals surface area contributed by atoms with E-state index in [1.807, 2.05) is 0 Å². The third kappa shape index (κ3) is 8.21. The number of rotatable bonds is 11. The normalized spacial score (nSPS) is 12.5. The molecule has 1 heterocycles. The molecule has 0 amide bonds. The summed E-state index contributed by atoms with van der Waals surface area (Å²) >= 11 is 0. The number of nitrogens with zero attached hydrogens (tertiary/aromatic N) is 7. The Morgan fingerprint density at radius 3 is 1.75 bits per heavy atom. The molecule has 53 heavy (non-hydrogen) atoms. The Labute approximate surface area is 295 Å². The molecule has 26 heteroatoms. The smallest absolute Gasteiger partial charge is 0.315 e. The maximum Gasteiger partial charge on any atom is 0.315 e. The number of anilines is 2. The molecule has 0 unspecified atom stereocenters. The van der Waals surface area contributed by atoms with Crippen molar-refractivity contribution in [1.82, 2.24) is 15.0 Å². The highest BCUT2D eigenvalue weighted by atomic mass is 32.2. The van der Waals surface area contributed by atoms with E-state index in [1.165, 1.54) is 20.3 Å². The first kappa shape index (κ1) is 38.2. The van der Waals surface area contributed by atoms with E-state index in [-0.39, 0.29) is 22.9 Å². The van der Waals surface area contributed by atoms with Crippen molar-refractivity contribution < 1.29 is 67.4 Å². The maximum absolute atomic E-state index is 13.6. The molecule has 0 aliphatic carbocycles. The first-order chi connectivity index (χ1) is 24.7. The number of hydrogen-bond donors (Lipinski definition) is 6. The molecule has 5 rings (SSSR count). The summed E-state index contributed by atoms with van der Waals surface area (Å²) in [4.78, 5) is 5.91. The van der Waals surface area contributed by atoms with Crippen LogP contribution in [0, 0.1) is 12.2 Å². The van der Waals surface area contributed by atoms with E-state index in [0.717, 1.165) is 36.4 Å². The summed E-state index contributed by atoms with van der Waals surface area (Å²) in [7, 11) is -13.1. The lowest BCUT2D eigenvalue weighted by molar-refractivity contribution is 0.355. The fraction of sp³-hybridized carbons (Fsp3) is 0.0741. The van der Waals surface area contributed by atoms with Crippen LogP contribution in [0.1, 0.15) is 0 Å². The molecule has 0 aliphatic heterocycles. The Kier molecular flexibility index (Phi) is 10.2. The lowest BCUT2D eigenvalue weighted by Gasteiger charge is -2.15. The lowest BCUT2D eigenvalue weighted by Crippen LogP contribution is -2.09. The number of hydrogen-bond acceptors (Lipinski definition) is 18. The molecule has 21 nitrogen and oxygen atoms in total. The van der Waals surface area contributed by atoms with Gasteiger partial charge in [-0.15, -0.1) is 20.5 Å². The van der Waals surface area contributed by atoms with Gasteiger partial charge < -0.3 is 25.0 Å². The zero-order chi connectivity index (χ0) is 39.0. The molecule has 0 aliphatic rings. The van der Waals surface area contributed by atoms with E-state index in [4.69, 9.17) is 9.47 Å².